The minimum Gasteiger partial charge on any atom is -0.462 e. The zero-order valence-corrected chi connectivity index (χ0v) is 18.2. The molecule has 2 aromatic carbocycles. The molecule has 0 aliphatic rings. The molecule has 0 fully saturated rings. The van der Waals surface area contributed by atoms with Crippen LogP contribution in [0.3, 0.4) is 0 Å². The Morgan fingerprint density at radius 1 is 1.03 bits per heavy atom. The van der Waals surface area contributed by atoms with Gasteiger partial charge >= 0.3 is 17.7 Å². The molecular formula is C23H21FN4O5. The SMILES string of the molecule is CCOC(=O)c1ccc(Oc2nc3c(c(=O)n(C)c(=O)n3C)n2Cc2ccccc2F)cc1. The van der Waals surface area contributed by atoms with Gasteiger partial charge in [0.15, 0.2) is 11.2 Å². The van der Waals surface area contributed by atoms with Crippen molar-refractivity contribution in [3.63, 3.8) is 0 Å². The third-order valence-electron chi connectivity index (χ3n) is 5.17. The molecule has 0 aliphatic heterocycles. The van der Waals surface area contributed by atoms with Gasteiger partial charge in [-0.3, -0.25) is 18.5 Å². The van der Waals surface area contributed by atoms with Crippen LogP contribution >= 0.6 is 0 Å². The number of aryl methyl sites for hydroxylation is 1. The van der Waals surface area contributed by atoms with Crippen molar-refractivity contribution in [2.75, 3.05) is 6.61 Å². The van der Waals surface area contributed by atoms with E-state index in [1.165, 1.54) is 41.4 Å². The lowest BCUT2D eigenvalue weighted by atomic mass is 10.2. The molecule has 10 heteroatoms. The van der Waals surface area contributed by atoms with E-state index in [9.17, 15) is 18.8 Å². The molecule has 2 aromatic heterocycles. The van der Waals surface area contributed by atoms with Crippen LogP contribution in [0.25, 0.3) is 11.2 Å². The molecule has 0 N–H and O–H groups in total. The monoisotopic (exact) mass is 452 g/mol. The number of imidazole rings is 1. The summed E-state index contributed by atoms with van der Waals surface area (Å²) >= 11 is 0. The molecule has 4 rings (SSSR count). The summed E-state index contributed by atoms with van der Waals surface area (Å²) in [6, 6.07) is 12.3. The van der Waals surface area contributed by atoms with Crippen LogP contribution < -0.4 is 16.0 Å². The first-order valence-electron chi connectivity index (χ1n) is 10.2. The number of hydrogen-bond donors (Lipinski definition) is 0. The summed E-state index contributed by atoms with van der Waals surface area (Å²) in [5.74, 6) is -0.588. The number of aromatic nitrogens is 4. The maximum atomic E-state index is 14.4. The van der Waals surface area contributed by atoms with Crippen LogP contribution in [0.1, 0.15) is 22.8 Å². The number of ether oxygens (including phenoxy) is 2. The Hall–Kier alpha value is -4.21. The zero-order valence-electron chi connectivity index (χ0n) is 18.2. The maximum absolute atomic E-state index is 14.4. The fraction of sp³-hybridized carbons (Fsp3) is 0.217. The topological polar surface area (TPSA) is 97.4 Å². The molecule has 0 aliphatic carbocycles. The van der Waals surface area contributed by atoms with E-state index in [0.29, 0.717) is 16.9 Å². The average Bonchev–Trinajstić information content (AvgIpc) is 3.16. The van der Waals surface area contributed by atoms with Gasteiger partial charge in [-0.25, -0.2) is 14.0 Å². The highest BCUT2D eigenvalue weighted by atomic mass is 19.1. The van der Waals surface area contributed by atoms with E-state index in [2.05, 4.69) is 4.98 Å². The summed E-state index contributed by atoms with van der Waals surface area (Å²) in [5.41, 5.74) is -0.257. The molecule has 0 radical (unpaired) electrons. The first-order chi connectivity index (χ1) is 15.8. The van der Waals surface area contributed by atoms with Crippen LogP contribution in [0, 0.1) is 5.82 Å². The third kappa shape index (κ3) is 4.02. The number of hydrogen-bond acceptors (Lipinski definition) is 6. The van der Waals surface area contributed by atoms with Gasteiger partial charge in [-0.1, -0.05) is 18.2 Å². The van der Waals surface area contributed by atoms with E-state index in [1.54, 1.807) is 37.3 Å². The van der Waals surface area contributed by atoms with E-state index < -0.39 is 23.0 Å². The number of fused-ring (bicyclic) bond motifs is 1. The summed E-state index contributed by atoms with van der Waals surface area (Å²) in [6.45, 7) is 1.92. The van der Waals surface area contributed by atoms with Crippen molar-refractivity contribution in [1.82, 2.24) is 18.7 Å². The summed E-state index contributed by atoms with van der Waals surface area (Å²) < 4.78 is 28.9. The van der Waals surface area contributed by atoms with Gasteiger partial charge in [-0.15, -0.1) is 0 Å². The standard InChI is InChI=1S/C23H21FN4O5/c1-4-32-21(30)14-9-11-16(12-10-14)33-22-25-19-18(20(29)27(3)23(31)26(19)2)28(22)13-15-7-5-6-8-17(15)24/h5-12H,4,13H2,1-3H3. The van der Waals surface area contributed by atoms with Crippen molar-refractivity contribution < 1.29 is 18.7 Å². The summed E-state index contributed by atoms with van der Waals surface area (Å²) in [6.07, 6.45) is 0. The Balaban J connectivity index is 1.83. The predicted molar refractivity (Wildman–Crippen MR) is 118 cm³/mol. The average molecular weight is 452 g/mol. The van der Waals surface area contributed by atoms with Crippen molar-refractivity contribution >= 4 is 17.1 Å². The second-order valence-electron chi connectivity index (χ2n) is 7.30. The van der Waals surface area contributed by atoms with Crippen molar-refractivity contribution in [2.24, 2.45) is 14.1 Å². The summed E-state index contributed by atoms with van der Waals surface area (Å²) in [4.78, 5) is 41.5. The highest BCUT2D eigenvalue weighted by molar-refractivity contribution is 5.89. The number of carbonyl (C=O) groups is 1. The molecule has 33 heavy (non-hydrogen) atoms. The minimum absolute atomic E-state index is 0.00422. The highest BCUT2D eigenvalue weighted by Gasteiger charge is 2.21. The lowest BCUT2D eigenvalue weighted by molar-refractivity contribution is 0.0526. The second kappa shape index (κ2) is 8.73. The number of nitrogens with zero attached hydrogens (tertiary/aromatic N) is 4. The number of carbonyl (C=O) groups excluding carboxylic acids is 1. The first kappa shape index (κ1) is 22.0. The molecule has 0 spiro atoms. The Bertz CT molecular complexity index is 1470. The van der Waals surface area contributed by atoms with E-state index >= 15 is 0 Å². The maximum Gasteiger partial charge on any atom is 0.338 e. The van der Waals surface area contributed by atoms with Gasteiger partial charge in [0.1, 0.15) is 11.6 Å². The van der Waals surface area contributed by atoms with E-state index in [4.69, 9.17) is 9.47 Å². The predicted octanol–water partition coefficient (Wildman–Crippen LogP) is 2.59. The molecule has 0 unspecified atom stereocenters. The molecule has 0 amide bonds. The Morgan fingerprint density at radius 3 is 2.39 bits per heavy atom. The third-order valence-corrected chi connectivity index (χ3v) is 5.17. The van der Waals surface area contributed by atoms with Gasteiger partial charge in [-0.2, -0.15) is 4.98 Å². The van der Waals surface area contributed by atoms with Gasteiger partial charge < -0.3 is 9.47 Å². The van der Waals surface area contributed by atoms with Crippen LogP contribution in [0.15, 0.2) is 58.1 Å². The van der Waals surface area contributed by atoms with Gasteiger partial charge in [-0.05, 0) is 37.3 Å². The van der Waals surface area contributed by atoms with E-state index in [1.807, 2.05) is 0 Å². The Kier molecular flexibility index (Phi) is 5.82. The number of halogens is 1. The quantitative estimate of drug-likeness (QED) is 0.417. The number of rotatable bonds is 6. The second-order valence-corrected chi connectivity index (χ2v) is 7.30. The van der Waals surface area contributed by atoms with Crippen molar-refractivity contribution in [1.29, 1.82) is 0 Å². The normalized spacial score (nSPS) is 11.0. The fourth-order valence-corrected chi connectivity index (χ4v) is 3.43. The van der Waals surface area contributed by atoms with E-state index in [0.717, 1.165) is 4.57 Å². The van der Waals surface area contributed by atoms with Gasteiger partial charge in [0.25, 0.3) is 5.56 Å². The van der Waals surface area contributed by atoms with Gasteiger partial charge in [0.2, 0.25) is 0 Å². The lowest BCUT2D eigenvalue weighted by Crippen LogP contribution is -2.37. The van der Waals surface area contributed by atoms with Crippen LogP contribution in [0.2, 0.25) is 0 Å². The molecule has 4 aromatic rings. The van der Waals surface area contributed by atoms with Crippen molar-refractivity contribution in [3.8, 4) is 11.8 Å². The number of esters is 1. The Morgan fingerprint density at radius 2 is 1.73 bits per heavy atom. The van der Waals surface area contributed by atoms with Crippen molar-refractivity contribution in [3.05, 3.63) is 86.3 Å². The number of benzene rings is 2. The minimum atomic E-state index is -0.579. The molecule has 0 saturated carbocycles. The summed E-state index contributed by atoms with van der Waals surface area (Å²) in [7, 11) is 2.85. The molecule has 2 heterocycles. The van der Waals surface area contributed by atoms with E-state index in [-0.39, 0.29) is 30.3 Å². The molecule has 9 nitrogen and oxygen atoms in total. The van der Waals surface area contributed by atoms with Gasteiger partial charge in [0.05, 0.1) is 18.7 Å². The molecule has 0 atom stereocenters. The van der Waals surface area contributed by atoms with Crippen LogP contribution in [0.5, 0.6) is 11.8 Å². The molecule has 0 bridgehead atoms. The van der Waals surface area contributed by atoms with Crippen LogP contribution in [0.4, 0.5) is 4.39 Å². The molecule has 0 saturated heterocycles. The zero-order chi connectivity index (χ0) is 23.7. The lowest BCUT2D eigenvalue weighted by Gasteiger charge is -2.11. The smallest absolute Gasteiger partial charge is 0.338 e. The van der Waals surface area contributed by atoms with Crippen LogP contribution in [-0.2, 0) is 25.4 Å². The van der Waals surface area contributed by atoms with Crippen LogP contribution in [-0.4, -0.2) is 31.3 Å². The summed E-state index contributed by atoms with van der Waals surface area (Å²) in [5, 5.41) is 0. The first-order valence-corrected chi connectivity index (χ1v) is 10.2. The molecule has 170 valence electrons. The highest BCUT2D eigenvalue weighted by Crippen LogP contribution is 2.26. The largest absolute Gasteiger partial charge is 0.462 e. The molecular weight excluding hydrogens is 431 g/mol. The van der Waals surface area contributed by atoms with Crippen molar-refractivity contribution in [2.45, 2.75) is 13.5 Å². The fourth-order valence-electron chi connectivity index (χ4n) is 3.43. The Labute approximate surface area is 187 Å². The van der Waals surface area contributed by atoms with Gasteiger partial charge in [0, 0.05) is 19.7 Å².